The van der Waals surface area contributed by atoms with Crippen LogP contribution in [0.5, 0.6) is 0 Å². The van der Waals surface area contributed by atoms with Crippen LogP contribution in [0.15, 0.2) is 34.8 Å². The largest absolute Gasteiger partial charge is 0.465 e. The Morgan fingerprint density at radius 2 is 1.84 bits per heavy atom. The number of thiophene rings is 2. The molecule has 12 heteroatoms. The number of thioether (sulfide) groups is 1. The number of esters is 1. The van der Waals surface area contributed by atoms with E-state index < -0.39 is 11.9 Å². The van der Waals surface area contributed by atoms with Crippen LogP contribution in [-0.4, -0.2) is 45.4 Å². The number of aryl methyl sites for hydroxylation is 2. The highest BCUT2D eigenvalue weighted by atomic mass is 32.2. The minimum atomic E-state index is -0.676. The summed E-state index contributed by atoms with van der Waals surface area (Å²) in [5, 5.41) is 14.5. The normalized spacial score (nSPS) is 11.0. The molecule has 4 rings (SSSR count). The van der Waals surface area contributed by atoms with Gasteiger partial charge in [-0.1, -0.05) is 41.6 Å². The van der Waals surface area contributed by atoms with Crippen molar-refractivity contribution in [2.75, 3.05) is 18.2 Å². The summed E-state index contributed by atoms with van der Waals surface area (Å²) in [6, 6.07) is 8.40. The molecule has 3 heterocycles. The number of hydrogen-bond acceptors (Lipinski definition) is 9. The van der Waals surface area contributed by atoms with Gasteiger partial charge in [0.05, 0.1) is 23.3 Å². The lowest BCUT2D eigenvalue weighted by Crippen LogP contribution is -2.16. The summed E-state index contributed by atoms with van der Waals surface area (Å²) < 4.78 is 6.81. The van der Waals surface area contributed by atoms with E-state index in [1.807, 2.05) is 11.5 Å². The molecule has 0 bridgehead atoms. The van der Waals surface area contributed by atoms with E-state index in [4.69, 9.17) is 10.5 Å². The van der Waals surface area contributed by atoms with Crippen molar-refractivity contribution < 1.29 is 19.1 Å². The molecular formula is C26H27N5O4S3. The van der Waals surface area contributed by atoms with Gasteiger partial charge in [-0.2, -0.15) is 0 Å². The molecule has 0 fully saturated rings. The van der Waals surface area contributed by atoms with Gasteiger partial charge in [-0.25, -0.2) is 4.79 Å². The fourth-order valence-electron chi connectivity index (χ4n) is 4.06. The van der Waals surface area contributed by atoms with Crippen LogP contribution >= 0.6 is 34.4 Å². The van der Waals surface area contributed by atoms with E-state index in [1.54, 1.807) is 18.3 Å². The SMILES string of the molecule is CCn1c(SCC(=O)Nc2sc(C(N)=O)c(C)c2C(=O)OC)nnc1-c1csc(C)c1-c1ccc(C)cc1. The molecule has 0 saturated heterocycles. The Labute approximate surface area is 232 Å². The summed E-state index contributed by atoms with van der Waals surface area (Å²) in [5.41, 5.74) is 10.4. The lowest BCUT2D eigenvalue weighted by Gasteiger charge is -2.10. The number of primary amides is 1. The zero-order chi connectivity index (χ0) is 27.6. The van der Waals surface area contributed by atoms with Gasteiger partial charge in [-0.3, -0.25) is 9.59 Å². The predicted octanol–water partition coefficient (Wildman–Crippen LogP) is 5.30. The van der Waals surface area contributed by atoms with E-state index in [0.29, 0.717) is 17.3 Å². The Hall–Kier alpha value is -3.48. The molecule has 0 unspecified atom stereocenters. The van der Waals surface area contributed by atoms with Gasteiger partial charge in [-0.15, -0.1) is 32.9 Å². The van der Waals surface area contributed by atoms with Gasteiger partial charge in [0.25, 0.3) is 5.91 Å². The van der Waals surface area contributed by atoms with Crippen molar-refractivity contribution in [2.45, 2.75) is 39.4 Å². The van der Waals surface area contributed by atoms with Crippen LogP contribution in [0.1, 0.15) is 43.0 Å². The maximum Gasteiger partial charge on any atom is 0.341 e. The van der Waals surface area contributed by atoms with E-state index >= 15 is 0 Å². The molecule has 1 aromatic carbocycles. The molecule has 0 saturated carbocycles. The summed E-state index contributed by atoms with van der Waals surface area (Å²) in [6.45, 7) is 8.37. The number of ether oxygens (including phenoxy) is 1. The molecule has 2 amide bonds. The Morgan fingerprint density at radius 3 is 2.47 bits per heavy atom. The first-order valence-electron chi connectivity index (χ1n) is 11.7. The van der Waals surface area contributed by atoms with E-state index in [-0.39, 0.29) is 27.1 Å². The van der Waals surface area contributed by atoms with Gasteiger partial charge < -0.3 is 20.4 Å². The zero-order valence-electron chi connectivity index (χ0n) is 21.6. The molecular weight excluding hydrogens is 543 g/mol. The quantitative estimate of drug-likeness (QED) is 0.207. The standard InChI is InChI=1S/C26H27N5O4S3/c1-6-31-23(17-11-36-15(4)20(17)16-9-7-13(2)8-10-16)29-30-26(31)37-12-18(32)28-24-19(25(34)35-5)14(3)21(38-24)22(27)33/h7-11H,6,12H2,1-5H3,(H2,27,33)(H,28,32). The lowest BCUT2D eigenvalue weighted by atomic mass is 10.0. The molecule has 3 N–H and O–H groups in total. The Balaban J connectivity index is 1.56. The van der Waals surface area contributed by atoms with Crippen molar-refractivity contribution in [3.63, 3.8) is 0 Å². The number of methoxy groups -OCH3 is 1. The maximum atomic E-state index is 12.8. The number of nitrogens with two attached hydrogens (primary N) is 1. The first-order chi connectivity index (χ1) is 18.2. The molecule has 0 radical (unpaired) electrons. The smallest absolute Gasteiger partial charge is 0.341 e. The topological polar surface area (TPSA) is 129 Å². The van der Waals surface area contributed by atoms with Crippen molar-refractivity contribution in [1.29, 1.82) is 0 Å². The molecule has 38 heavy (non-hydrogen) atoms. The van der Waals surface area contributed by atoms with Gasteiger partial charge in [-0.05, 0) is 38.8 Å². The van der Waals surface area contributed by atoms with Crippen LogP contribution in [-0.2, 0) is 16.1 Å². The van der Waals surface area contributed by atoms with Crippen LogP contribution in [0, 0.1) is 20.8 Å². The number of nitrogens with one attached hydrogen (secondary N) is 1. The predicted molar refractivity (Wildman–Crippen MR) is 152 cm³/mol. The van der Waals surface area contributed by atoms with E-state index in [2.05, 4.69) is 59.0 Å². The van der Waals surface area contributed by atoms with Gasteiger partial charge in [0.2, 0.25) is 5.91 Å². The summed E-state index contributed by atoms with van der Waals surface area (Å²) in [4.78, 5) is 38.3. The number of hydrogen-bond donors (Lipinski definition) is 2. The van der Waals surface area contributed by atoms with E-state index in [0.717, 1.165) is 33.9 Å². The highest BCUT2D eigenvalue weighted by Gasteiger charge is 2.26. The fraction of sp³-hybridized carbons (Fsp3) is 0.269. The summed E-state index contributed by atoms with van der Waals surface area (Å²) in [6.07, 6.45) is 0. The van der Waals surface area contributed by atoms with Gasteiger partial charge in [0, 0.05) is 27.9 Å². The number of rotatable bonds is 9. The third-order valence-electron chi connectivity index (χ3n) is 5.93. The molecule has 0 spiro atoms. The molecule has 0 atom stereocenters. The summed E-state index contributed by atoms with van der Waals surface area (Å²) in [5.74, 6) is -0.931. The molecule has 9 nitrogen and oxygen atoms in total. The highest BCUT2D eigenvalue weighted by Crippen LogP contribution is 2.39. The van der Waals surface area contributed by atoms with Crippen LogP contribution in [0.25, 0.3) is 22.5 Å². The second kappa shape index (κ2) is 11.5. The third kappa shape index (κ3) is 5.38. The Morgan fingerprint density at radius 1 is 1.13 bits per heavy atom. The molecule has 4 aromatic rings. The molecule has 3 aromatic heterocycles. The number of anilines is 1. The maximum absolute atomic E-state index is 12.8. The zero-order valence-corrected chi connectivity index (χ0v) is 24.0. The van der Waals surface area contributed by atoms with Crippen molar-refractivity contribution >= 4 is 57.2 Å². The van der Waals surface area contributed by atoms with Gasteiger partial charge in [0.1, 0.15) is 5.00 Å². The third-order valence-corrected chi connectivity index (χ3v) is 9.03. The monoisotopic (exact) mass is 569 g/mol. The molecule has 198 valence electrons. The Bertz CT molecular complexity index is 1520. The first-order valence-corrected chi connectivity index (χ1v) is 14.4. The second-order valence-corrected chi connectivity index (χ2v) is 11.5. The lowest BCUT2D eigenvalue weighted by molar-refractivity contribution is -0.113. The van der Waals surface area contributed by atoms with Crippen molar-refractivity contribution in [3.8, 4) is 22.5 Å². The Kier molecular flexibility index (Phi) is 8.34. The van der Waals surface area contributed by atoms with Crippen molar-refractivity contribution in [2.24, 2.45) is 5.73 Å². The van der Waals surface area contributed by atoms with Crippen LogP contribution in [0.3, 0.4) is 0 Å². The average Bonchev–Trinajstić information content (AvgIpc) is 3.57. The van der Waals surface area contributed by atoms with E-state index in [9.17, 15) is 14.4 Å². The number of carbonyl (C=O) groups is 3. The van der Waals surface area contributed by atoms with Crippen molar-refractivity contribution in [1.82, 2.24) is 14.8 Å². The van der Waals surface area contributed by atoms with Crippen LogP contribution < -0.4 is 11.1 Å². The van der Waals surface area contributed by atoms with Gasteiger partial charge in [0.15, 0.2) is 11.0 Å². The first kappa shape index (κ1) is 27.6. The minimum absolute atomic E-state index is 0.0229. The fourth-order valence-corrected chi connectivity index (χ4v) is 6.78. The van der Waals surface area contributed by atoms with E-state index in [1.165, 1.54) is 29.3 Å². The minimum Gasteiger partial charge on any atom is -0.465 e. The average molecular weight is 570 g/mol. The summed E-state index contributed by atoms with van der Waals surface area (Å²) >= 11 is 3.85. The van der Waals surface area contributed by atoms with Crippen molar-refractivity contribution in [3.05, 3.63) is 56.1 Å². The molecule has 0 aliphatic rings. The number of benzene rings is 1. The number of nitrogens with zero attached hydrogens (tertiary/aromatic N) is 3. The number of aromatic nitrogens is 3. The highest BCUT2D eigenvalue weighted by molar-refractivity contribution is 7.99. The molecule has 0 aliphatic heterocycles. The second-order valence-electron chi connectivity index (χ2n) is 8.45. The van der Waals surface area contributed by atoms with Gasteiger partial charge >= 0.3 is 5.97 Å². The summed E-state index contributed by atoms with van der Waals surface area (Å²) in [7, 11) is 1.24. The number of carbonyl (C=O) groups excluding carboxylic acids is 3. The molecule has 0 aliphatic carbocycles. The van der Waals surface area contributed by atoms with Crippen LogP contribution in [0.4, 0.5) is 5.00 Å². The van der Waals surface area contributed by atoms with Crippen LogP contribution in [0.2, 0.25) is 0 Å². The number of amides is 2.